The van der Waals surface area contributed by atoms with Gasteiger partial charge >= 0.3 is 0 Å². The molecule has 0 spiro atoms. The molecule has 0 saturated carbocycles. The fourth-order valence-corrected chi connectivity index (χ4v) is 4.54. The second kappa shape index (κ2) is 7.18. The predicted molar refractivity (Wildman–Crippen MR) is 105 cm³/mol. The van der Waals surface area contributed by atoms with Crippen LogP contribution >= 0.6 is 11.3 Å². The number of carbonyl (C=O) groups is 1. The minimum atomic E-state index is -3.99. The summed E-state index contributed by atoms with van der Waals surface area (Å²) in [5.74, 6) is -0.211. The number of amides is 1. The minimum Gasteiger partial charge on any atom is -0.495 e. The Hall–Kier alpha value is -2.62. The van der Waals surface area contributed by atoms with Gasteiger partial charge < -0.3 is 14.6 Å². The SMILES string of the molecule is COc1ccc(NC(=O)c2c(-n3cccc3)sc(C)c2C)cc1S(N)(=O)=O. The Morgan fingerprint density at radius 2 is 1.89 bits per heavy atom. The van der Waals surface area contributed by atoms with Crippen LogP contribution in [0.5, 0.6) is 5.75 Å². The molecule has 142 valence electrons. The predicted octanol–water partition coefficient (Wildman–Crippen LogP) is 3.06. The number of nitrogens with zero attached hydrogens (tertiary/aromatic N) is 1. The fourth-order valence-electron chi connectivity index (χ4n) is 2.70. The maximum atomic E-state index is 12.9. The monoisotopic (exact) mass is 405 g/mol. The maximum Gasteiger partial charge on any atom is 0.258 e. The van der Waals surface area contributed by atoms with E-state index in [0.29, 0.717) is 11.3 Å². The highest BCUT2D eigenvalue weighted by molar-refractivity contribution is 7.89. The van der Waals surface area contributed by atoms with Gasteiger partial charge in [-0.1, -0.05) is 0 Å². The van der Waals surface area contributed by atoms with E-state index in [0.717, 1.165) is 15.4 Å². The van der Waals surface area contributed by atoms with Crippen molar-refractivity contribution >= 4 is 33.0 Å². The van der Waals surface area contributed by atoms with Gasteiger partial charge in [-0.15, -0.1) is 11.3 Å². The molecule has 0 aliphatic heterocycles. The van der Waals surface area contributed by atoms with Crippen molar-refractivity contribution in [2.75, 3.05) is 12.4 Å². The number of sulfonamides is 1. The lowest BCUT2D eigenvalue weighted by Gasteiger charge is -2.11. The maximum absolute atomic E-state index is 12.9. The van der Waals surface area contributed by atoms with Crippen molar-refractivity contribution in [3.63, 3.8) is 0 Å². The van der Waals surface area contributed by atoms with Gasteiger partial charge in [-0.25, -0.2) is 13.6 Å². The number of benzene rings is 1. The summed E-state index contributed by atoms with van der Waals surface area (Å²) in [6.07, 6.45) is 3.74. The molecule has 27 heavy (non-hydrogen) atoms. The molecule has 0 radical (unpaired) electrons. The molecule has 0 fully saturated rings. The van der Waals surface area contributed by atoms with Crippen LogP contribution in [0, 0.1) is 13.8 Å². The largest absolute Gasteiger partial charge is 0.495 e. The highest BCUT2D eigenvalue weighted by atomic mass is 32.2. The molecule has 9 heteroatoms. The standard InChI is InChI=1S/C18H19N3O4S2/c1-11-12(2)26-18(21-8-4-5-9-21)16(11)17(22)20-13-6-7-14(25-3)15(10-13)27(19,23)24/h4-10H,1-3H3,(H,20,22)(H2,19,23,24). The molecule has 3 rings (SSSR count). The van der Waals surface area contributed by atoms with Gasteiger partial charge in [0, 0.05) is 23.0 Å². The number of hydrogen-bond acceptors (Lipinski definition) is 5. The number of aromatic nitrogens is 1. The summed E-state index contributed by atoms with van der Waals surface area (Å²) in [5, 5.41) is 8.79. The van der Waals surface area contributed by atoms with E-state index in [-0.39, 0.29) is 16.6 Å². The van der Waals surface area contributed by atoms with E-state index in [1.54, 1.807) is 6.07 Å². The molecule has 3 N–H and O–H groups in total. The lowest BCUT2D eigenvalue weighted by atomic mass is 10.1. The van der Waals surface area contributed by atoms with Gasteiger partial charge in [-0.05, 0) is 49.7 Å². The van der Waals surface area contributed by atoms with Crippen LogP contribution in [-0.2, 0) is 10.0 Å². The zero-order chi connectivity index (χ0) is 19.8. The van der Waals surface area contributed by atoms with E-state index < -0.39 is 10.0 Å². The first-order chi connectivity index (χ1) is 12.7. The molecule has 0 bridgehead atoms. The first kappa shape index (κ1) is 19.2. The van der Waals surface area contributed by atoms with Gasteiger partial charge in [0.25, 0.3) is 5.91 Å². The minimum absolute atomic E-state index is 0.117. The van der Waals surface area contributed by atoms with Crippen LogP contribution in [0.15, 0.2) is 47.6 Å². The number of ether oxygens (including phenoxy) is 1. The number of anilines is 1. The molecule has 3 aromatic rings. The highest BCUT2D eigenvalue weighted by Gasteiger charge is 2.22. The van der Waals surface area contributed by atoms with Crippen molar-refractivity contribution in [3.8, 4) is 10.8 Å². The van der Waals surface area contributed by atoms with Crippen molar-refractivity contribution in [1.82, 2.24) is 4.57 Å². The van der Waals surface area contributed by atoms with Gasteiger partial charge in [-0.2, -0.15) is 0 Å². The fraction of sp³-hybridized carbons (Fsp3) is 0.167. The summed E-state index contributed by atoms with van der Waals surface area (Å²) in [7, 11) is -2.64. The number of nitrogens with one attached hydrogen (secondary N) is 1. The number of aryl methyl sites for hydroxylation is 1. The van der Waals surface area contributed by atoms with Crippen LogP contribution in [0.1, 0.15) is 20.8 Å². The smallest absolute Gasteiger partial charge is 0.258 e. The second-order valence-electron chi connectivity index (χ2n) is 5.92. The molecule has 0 atom stereocenters. The van der Waals surface area contributed by atoms with E-state index in [1.165, 1.54) is 30.6 Å². The average molecular weight is 406 g/mol. The lowest BCUT2D eigenvalue weighted by Crippen LogP contribution is -2.17. The van der Waals surface area contributed by atoms with Crippen molar-refractivity contribution < 1.29 is 17.9 Å². The second-order valence-corrected chi connectivity index (χ2v) is 8.65. The summed E-state index contributed by atoms with van der Waals surface area (Å²) in [6.45, 7) is 3.84. The molecule has 2 heterocycles. The number of nitrogens with two attached hydrogens (primary N) is 1. The van der Waals surface area contributed by atoms with Crippen LogP contribution in [-0.4, -0.2) is 26.0 Å². The summed E-state index contributed by atoms with van der Waals surface area (Å²) in [6, 6.07) is 8.07. The Labute approximate surface area is 161 Å². The first-order valence-corrected chi connectivity index (χ1v) is 10.3. The van der Waals surface area contributed by atoms with Gasteiger partial charge in [0.1, 0.15) is 15.6 Å². The Morgan fingerprint density at radius 3 is 2.48 bits per heavy atom. The molecule has 1 amide bonds. The Bertz CT molecular complexity index is 1100. The highest BCUT2D eigenvalue weighted by Crippen LogP contribution is 2.32. The Balaban J connectivity index is 2.00. The first-order valence-electron chi connectivity index (χ1n) is 7.98. The number of methoxy groups -OCH3 is 1. The van der Waals surface area contributed by atoms with Crippen LogP contribution in [0.2, 0.25) is 0 Å². The van der Waals surface area contributed by atoms with Gasteiger partial charge in [0.15, 0.2) is 0 Å². The molecule has 0 aliphatic rings. The van der Waals surface area contributed by atoms with Crippen LogP contribution in [0.25, 0.3) is 5.00 Å². The number of hydrogen-bond donors (Lipinski definition) is 2. The molecular weight excluding hydrogens is 386 g/mol. The lowest BCUT2D eigenvalue weighted by molar-refractivity contribution is 0.102. The van der Waals surface area contributed by atoms with Crippen molar-refractivity contribution in [2.45, 2.75) is 18.7 Å². The zero-order valence-corrected chi connectivity index (χ0v) is 16.6. The van der Waals surface area contributed by atoms with E-state index in [2.05, 4.69) is 5.32 Å². The topological polar surface area (TPSA) is 103 Å². The van der Waals surface area contributed by atoms with Crippen molar-refractivity contribution in [2.24, 2.45) is 5.14 Å². The van der Waals surface area contributed by atoms with Crippen LogP contribution < -0.4 is 15.2 Å². The van der Waals surface area contributed by atoms with Gasteiger partial charge in [0.2, 0.25) is 10.0 Å². The van der Waals surface area contributed by atoms with Crippen LogP contribution in [0.4, 0.5) is 5.69 Å². The normalized spacial score (nSPS) is 11.4. The molecule has 0 aliphatic carbocycles. The van der Waals surface area contributed by atoms with E-state index in [1.807, 2.05) is 42.9 Å². The van der Waals surface area contributed by atoms with E-state index >= 15 is 0 Å². The van der Waals surface area contributed by atoms with E-state index in [9.17, 15) is 13.2 Å². The molecule has 0 saturated heterocycles. The van der Waals surface area contributed by atoms with E-state index in [4.69, 9.17) is 9.88 Å². The molecule has 2 aromatic heterocycles. The van der Waals surface area contributed by atoms with Gasteiger partial charge in [0.05, 0.1) is 12.7 Å². The Morgan fingerprint density at radius 1 is 1.22 bits per heavy atom. The zero-order valence-electron chi connectivity index (χ0n) is 15.0. The number of thiophene rings is 1. The summed E-state index contributed by atoms with van der Waals surface area (Å²) < 4.78 is 30.5. The van der Waals surface area contributed by atoms with Gasteiger partial charge in [-0.3, -0.25) is 4.79 Å². The molecule has 7 nitrogen and oxygen atoms in total. The molecule has 1 aromatic carbocycles. The summed E-state index contributed by atoms with van der Waals surface area (Å²) in [4.78, 5) is 13.8. The third kappa shape index (κ3) is 3.75. The van der Waals surface area contributed by atoms with Crippen molar-refractivity contribution in [3.05, 3.63) is 58.7 Å². The molecule has 0 unspecified atom stereocenters. The van der Waals surface area contributed by atoms with Crippen LogP contribution in [0.3, 0.4) is 0 Å². The number of carbonyl (C=O) groups excluding carboxylic acids is 1. The number of primary sulfonamides is 1. The summed E-state index contributed by atoms with van der Waals surface area (Å²) in [5.41, 5.74) is 1.73. The molecular formula is C18H19N3O4S2. The third-order valence-corrected chi connectivity index (χ3v) is 6.31. The number of rotatable bonds is 5. The third-order valence-electron chi connectivity index (χ3n) is 4.16. The summed E-state index contributed by atoms with van der Waals surface area (Å²) >= 11 is 1.52. The van der Waals surface area contributed by atoms with Crippen molar-refractivity contribution in [1.29, 1.82) is 0 Å². The average Bonchev–Trinajstić information content (AvgIpc) is 3.23. The quantitative estimate of drug-likeness (QED) is 0.681. The Kier molecular flexibility index (Phi) is 5.09.